The van der Waals surface area contributed by atoms with Crippen LogP contribution in [0.1, 0.15) is 39.2 Å². The molecule has 224 valence electrons. The number of hydrogen-bond acceptors (Lipinski definition) is 9. The molecule has 4 aromatic rings. The maximum Gasteiger partial charge on any atom is 0.309 e. The second-order valence-corrected chi connectivity index (χ2v) is 11.1. The van der Waals surface area contributed by atoms with Crippen molar-refractivity contribution < 1.29 is 23.8 Å². The number of para-hydroxylation sites is 2. The number of aliphatic carboxylic acids is 1. The summed E-state index contributed by atoms with van der Waals surface area (Å²) in [6.07, 6.45) is 6.43. The molecule has 2 aromatic heterocycles. The van der Waals surface area contributed by atoms with E-state index in [0.29, 0.717) is 30.4 Å². The summed E-state index contributed by atoms with van der Waals surface area (Å²) in [5, 5.41) is 12.5. The Morgan fingerprint density at radius 1 is 1.12 bits per heavy atom. The Labute approximate surface area is 250 Å². The number of rotatable bonds is 11. The molecule has 5 rings (SSSR count). The van der Waals surface area contributed by atoms with Crippen LogP contribution in [0, 0.1) is 11.2 Å². The van der Waals surface area contributed by atoms with Crippen LogP contribution in [0.4, 0.5) is 22.0 Å². The van der Waals surface area contributed by atoms with E-state index in [9.17, 15) is 14.3 Å². The van der Waals surface area contributed by atoms with Gasteiger partial charge in [-0.1, -0.05) is 30.3 Å². The van der Waals surface area contributed by atoms with Gasteiger partial charge >= 0.3 is 5.97 Å². The zero-order chi connectivity index (χ0) is 30.4. The number of nitrogens with one attached hydrogen (secondary N) is 1. The number of anilines is 3. The first kappa shape index (κ1) is 29.7. The van der Waals surface area contributed by atoms with Crippen molar-refractivity contribution in [3.8, 4) is 22.8 Å². The lowest BCUT2D eigenvalue weighted by atomic mass is 9.85. The highest BCUT2D eigenvalue weighted by molar-refractivity contribution is 5.74. The molecule has 0 bridgehead atoms. The molecule has 1 saturated heterocycles. The van der Waals surface area contributed by atoms with Crippen LogP contribution in [0.15, 0.2) is 67.1 Å². The van der Waals surface area contributed by atoms with Gasteiger partial charge in [0.05, 0.1) is 37.2 Å². The Morgan fingerprint density at radius 2 is 1.93 bits per heavy atom. The van der Waals surface area contributed by atoms with E-state index in [0.717, 1.165) is 42.6 Å². The van der Waals surface area contributed by atoms with Gasteiger partial charge in [0.15, 0.2) is 23.1 Å². The lowest BCUT2D eigenvalue weighted by molar-refractivity contribution is -0.146. The van der Waals surface area contributed by atoms with Crippen molar-refractivity contribution in [3.05, 3.63) is 78.5 Å². The molecule has 3 heterocycles. The molecule has 11 heteroatoms. The van der Waals surface area contributed by atoms with Crippen molar-refractivity contribution in [2.24, 2.45) is 5.41 Å². The van der Waals surface area contributed by atoms with Gasteiger partial charge in [-0.15, -0.1) is 0 Å². The highest BCUT2D eigenvalue weighted by Gasteiger charge is 2.28. The average Bonchev–Trinajstić information content (AvgIpc) is 2.99. The van der Waals surface area contributed by atoms with Crippen LogP contribution in [-0.4, -0.2) is 56.8 Å². The van der Waals surface area contributed by atoms with E-state index in [4.69, 9.17) is 14.5 Å². The molecule has 2 aromatic carbocycles. The zero-order valence-electron chi connectivity index (χ0n) is 24.5. The minimum Gasteiger partial charge on any atom is -0.490 e. The zero-order valence-corrected chi connectivity index (χ0v) is 24.5. The fourth-order valence-electron chi connectivity index (χ4n) is 4.97. The van der Waals surface area contributed by atoms with Crippen molar-refractivity contribution >= 4 is 23.6 Å². The molecule has 43 heavy (non-hydrogen) atoms. The number of ether oxygens (including phenoxy) is 2. The summed E-state index contributed by atoms with van der Waals surface area (Å²) in [5.74, 6) is 1.20. The van der Waals surface area contributed by atoms with Crippen LogP contribution in [-0.2, 0) is 11.2 Å². The lowest BCUT2D eigenvalue weighted by Gasteiger charge is -2.33. The highest BCUT2D eigenvalue weighted by Crippen LogP contribution is 2.31. The summed E-state index contributed by atoms with van der Waals surface area (Å²) < 4.78 is 26.9. The van der Waals surface area contributed by atoms with Gasteiger partial charge in [0.2, 0.25) is 5.95 Å². The van der Waals surface area contributed by atoms with E-state index >= 15 is 0 Å². The number of carboxylic acids is 1. The molecule has 10 nitrogen and oxygen atoms in total. The van der Waals surface area contributed by atoms with E-state index in [-0.39, 0.29) is 24.2 Å². The number of benzene rings is 2. The smallest absolute Gasteiger partial charge is 0.309 e. The van der Waals surface area contributed by atoms with Crippen LogP contribution in [0.2, 0.25) is 0 Å². The summed E-state index contributed by atoms with van der Waals surface area (Å²) in [6.45, 7) is 7.25. The Balaban J connectivity index is 1.30. The number of halogens is 1. The monoisotopic (exact) mass is 586 g/mol. The molecule has 0 saturated carbocycles. The van der Waals surface area contributed by atoms with E-state index in [2.05, 4.69) is 25.2 Å². The topological polar surface area (TPSA) is 123 Å². The molecule has 1 atom stereocenters. The van der Waals surface area contributed by atoms with Crippen LogP contribution < -0.4 is 19.7 Å². The van der Waals surface area contributed by atoms with E-state index in [1.54, 1.807) is 44.4 Å². The van der Waals surface area contributed by atoms with Gasteiger partial charge in [-0.25, -0.2) is 19.3 Å². The predicted octanol–water partition coefficient (Wildman–Crippen LogP) is 5.92. The number of carboxylic acid groups (broad SMARTS) is 1. The van der Waals surface area contributed by atoms with Crippen molar-refractivity contribution in [3.63, 3.8) is 0 Å². The number of aromatic nitrogens is 4. The van der Waals surface area contributed by atoms with Gasteiger partial charge in [0.25, 0.3) is 0 Å². The number of carbonyl (C=O) groups is 1. The van der Waals surface area contributed by atoms with Crippen molar-refractivity contribution in [1.29, 1.82) is 0 Å². The molecule has 2 N–H and O–H groups in total. The molecular weight excluding hydrogens is 551 g/mol. The number of nitrogens with zero attached hydrogens (tertiary/aromatic N) is 5. The Bertz CT molecular complexity index is 1580. The molecule has 0 amide bonds. The fourth-order valence-corrected chi connectivity index (χ4v) is 4.97. The van der Waals surface area contributed by atoms with E-state index < -0.39 is 17.2 Å². The molecule has 0 spiro atoms. The van der Waals surface area contributed by atoms with Crippen LogP contribution >= 0.6 is 0 Å². The second kappa shape index (κ2) is 13.0. The molecule has 0 unspecified atom stereocenters. The van der Waals surface area contributed by atoms with Gasteiger partial charge in [0, 0.05) is 12.1 Å². The van der Waals surface area contributed by atoms with Crippen LogP contribution in [0.25, 0.3) is 11.3 Å². The van der Waals surface area contributed by atoms with Gasteiger partial charge in [-0.05, 0) is 63.8 Å². The average molecular weight is 587 g/mol. The Morgan fingerprint density at radius 3 is 2.72 bits per heavy atom. The lowest BCUT2D eigenvalue weighted by Crippen LogP contribution is -2.41. The largest absolute Gasteiger partial charge is 0.490 e. The maximum absolute atomic E-state index is 14.9. The van der Waals surface area contributed by atoms with Crippen molar-refractivity contribution in [1.82, 2.24) is 19.9 Å². The molecule has 1 aliphatic rings. The number of hydrogen-bond donors (Lipinski definition) is 2. The maximum atomic E-state index is 14.9. The first-order chi connectivity index (χ1) is 20.7. The SMILES string of the molecule is CCOc1ccccc1O[C@@H]1CCCN(c2cncc(Nc3ncc(F)c(-c4cccc(CC(C)(C)C(=O)O)c4)n3)n2)C1. The standard InChI is InChI=1S/C32H35FN6O4/c1-4-42-25-12-5-6-13-26(25)43-23-11-8-14-39(20-23)28-19-34-18-27(36-28)37-31-35-17-24(33)29(38-31)22-10-7-9-21(15-22)16-32(2,3)30(40)41/h5-7,9-10,12-13,15,17-19,23H,4,8,11,14,16,20H2,1-3H3,(H,40,41)(H,35,36,37,38)/t23-/m1/s1. The third-order valence-corrected chi connectivity index (χ3v) is 7.18. The second-order valence-electron chi connectivity index (χ2n) is 11.1. The highest BCUT2D eigenvalue weighted by atomic mass is 19.1. The van der Waals surface area contributed by atoms with Gasteiger partial charge < -0.3 is 24.8 Å². The minimum atomic E-state index is -0.965. The third-order valence-electron chi connectivity index (χ3n) is 7.18. The van der Waals surface area contributed by atoms with Crippen LogP contribution in [0.5, 0.6) is 11.5 Å². The summed E-state index contributed by atoms with van der Waals surface area (Å²) >= 11 is 0. The van der Waals surface area contributed by atoms with Gasteiger partial charge in [-0.3, -0.25) is 9.78 Å². The molecule has 1 aliphatic heterocycles. The quantitative estimate of drug-likeness (QED) is 0.219. The van der Waals surface area contributed by atoms with E-state index in [1.807, 2.05) is 37.3 Å². The van der Waals surface area contributed by atoms with E-state index in [1.165, 1.54) is 0 Å². The summed E-state index contributed by atoms with van der Waals surface area (Å²) in [7, 11) is 0. The normalized spacial score (nSPS) is 15.2. The summed E-state index contributed by atoms with van der Waals surface area (Å²) in [4.78, 5) is 31.3. The molecule has 0 radical (unpaired) electrons. The fraction of sp³-hybridized carbons (Fsp3) is 0.344. The van der Waals surface area contributed by atoms with Crippen LogP contribution in [0.3, 0.4) is 0 Å². The number of piperidine rings is 1. The van der Waals surface area contributed by atoms with Crippen molar-refractivity contribution in [2.75, 3.05) is 29.9 Å². The predicted molar refractivity (Wildman–Crippen MR) is 161 cm³/mol. The Hall–Kier alpha value is -4.80. The summed E-state index contributed by atoms with van der Waals surface area (Å²) in [5.41, 5.74) is 0.418. The minimum absolute atomic E-state index is 0.0476. The van der Waals surface area contributed by atoms with Gasteiger partial charge in [-0.2, -0.15) is 0 Å². The first-order valence-electron chi connectivity index (χ1n) is 14.3. The first-order valence-corrected chi connectivity index (χ1v) is 14.3. The molecule has 1 fully saturated rings. The Kier molecular flexibility index (Phi) is 8.98. The molecule has 0 aliphatic carbocycles. The van der Waals surface area contributed by atoms with Crippen molar-refractivity contribution in [2.45, 2.75) is 46.1 Å². The van der Waals surface area contributed by atoms with Gasteiger partial charge in [0.1, 0.15) is 17.6 Å². The third kappa shape index (κ3) is 7.35. The molecular formula is C32H35FN6O4. The summed E-state index contributed by atoms with van der Waals surface area (Å²) in [6, 6.07) is 14.7.